The first-order valence-electron chi connectivity index (χ1n) is 11.5. The minimum absolute atomic E-state index is 0.159. The Labute approximate surface area is 192 Å². The lowest BCUT2D eigenvalue weighted by Crippen LogP contribution is -2.52. The van der Waals surface area contributed by atoms with E-state index in [9.17, 15) is 14.4 Å². The van der Waals surface area contributed by atoms with Crippen LogP contribution in [0.1, 0.15) is 47.2 Å². The zero-order chi connectivity index (χ0) is 22.9. The number of piperidine rings is 2. The monoisotopic (exact) mass is 448 g/mol. The topological polar surface area (TPSA) is 121 Å². The molecule has 5 rings (SSSR count). The Morgan fingerprint density at radius 1 is 1.09 bits per heavy atom. The third kappa shape index (κ3) is 4.28. The molecule has 0 aliphatic carbocycles. The number of hydrogen-bond donors (Lipinski definition) is 3. The number of carbonyl (C=O) groups excluding carboxylic acids is 3. The molecule has 3 amide bonds. The third-order valence-corrected chi connectivity index (χ3v) is 6.73. The van der Waals surface area contributed by atoms with Gasteiger partial charge in [-0.15, -0.1) is 0 Å². The predicted octanol–water partition coefficient (Wildman–Crippen LogP) is 1.38. The van der Waals surface area contributed by atoms with Gasteiger partial charge < -0.3 is 20.9 Å². The van der Waals surface area contributed by atoms with Crippen LogP contribution in [0.5, 0.6) is 0 Å². The van der Waals surface area contributed by atoms with E-state index in [0.717, 1.165) is 48.6 Å². The minimum Gasteiger partial charge on any atom is -0.380 e. The second kappa shape index (κ2) is 8.82. The Morgan fingerprint density at radius 3 is 2.64 bits per heavy atom. The molecule has 1 atom stereocenters. The van der Waals surface area contributed by atoms with Crippen LogP contribution in [0.2, 0.25) is 0 Å². The number of aromatic nitrogens is 1. The molecule has 2 fully saturated rings. The molecule has 0 saturated carbocycles. The van der Waals surface area contributed by atoms with Crippen molar-refractivity contribution in [3.8, 4) is 0 Å². The third-order valence-electron chi connectivity index (χ3n) is 6.73. The SMILES string of the molecule is NC1CCN(c2ccc(NCc3cccc4c3C(=O)N(C3CCC(=O)NC3=O)C4)cn2)CC1. The van der Waals surface area contributed by atoms with E-state index in [1.807, 2.05) is 36.5 Å². The van der Waals surface area contributed by atoms with Crippen molar-refractivity contribution in [2.75, 3.05) is 23.3 Å². The van der Waals surface area contributed by atoms with Crippen LogP contribution in [0.3, 0.4) is 0 Å². The largest absolute Gasteiger partial charge is 0.380 e. The summed E-state index contributed by atoms with van der Waals surface area (Å²) in [4.78, 5) is 45.4. The number of nitrogens with two attached hydrogens (primary N) is 1. The van der Waals surface area contributed by atoms with Crippen LogP contribution in [0.25, 0.3) is 0 Å². The van der Waals surface area contributed by atoms with Gasteiger partial charge in [0.15, 0.2) is 0 Å². The summed E-state index contributed by atoms with van der Waals surface area (Å²) in [5.41, 5.74) is 9.28. The van der Waals surface area contributed by atoms with Gasteiger partial charge in [0.25, 0.3) is 5.91 Å². The second-order valence-corrected chi connectivity index (χ2v) is 8.93. The van der Waals surface area contributed by atoms with Gasteiger partial charge in [0.1, 0.15) is 11.9 Å². The molecule has 3 aliphatic heterocycles. The number of carbonyl (C=O) groups is 3. The number of anilines is 2. The first-order valence-corrected chi connectivity index (χ1v) is 11.5. The fraction of sp³-hybridized carbons (Fsp3) is 0.417. The van der Waals surface area contributed by atoms with Crippen LogP contribution in [-0.4, -0.2) is 52.8 Å². The van der Waals surface area contributed by atoms with Crippen molar-refractivity contribution >= 4 is 29.2 Å². The van der Waals surface area contributed by atoms with Crippen LogP contribution in [0, 0.1) is 0 Å². The number of hydrogen-bond acceptors (Lipinski definition) is 7. The van der Waals surface area contributed by atoms with Gasteiger partial charge in [-0.3, -0.25) is 19.7 Å². The molecule has 2 saturated heterocycles. The number of nitrogens with zero attached hydrogens (tertiary/aromatic N) is 3. The highest BCUT2D eigenvalue weighted by atomic mass is 16.2. The molecule has 0 radical (unpaired) electrons. The number of fused-ring (bicyclic) bond motifs is 1. The number of amides is 3. The Kier molecular flexibility index (Phi) is 5.72. The quantitative estimate of drug-likeness (QED) is 0.591. The van der Waals surface area contributed by atoms with Gasteiger partial charge in [-0.2, -0.15) is 0 Å². The van der Waals surface area contributed by atoms with Crippen molar-refractivity contribution in [2.24, 2.45) is 5.73 Å². The Hall–Kier alpha value is -3.46. The molecule has 2 aromatic rings. The van der Waals surface area contributed by atoms with Gasteiger partial charge in [0.2, 0.25) is 11.8 Å². The number of pyridine rings is 1. The molecule has 9 nitrogen and oxygen atoms in total. The van der Waals surface area contributed by atoms with Crippen molar-refractivity contribution in [3.05, 3.63) is 53.2 Å². The summed E-state index contributed by atoms with van der Waals surface area (Å²) < 4.78 is 0. The summed E-state index contributed by atoms with van der Waals surface area (Å²) in [7, 11) is 0. The molecule has 172 valence electrons. The van der Waals surface area contributed by atoms with E-state index >= 15 is 0 Å². The number of benzene rings is 1. The highest BCUT2D eigenvalue weighted by molar-refractivity contribution is 6.06. The zero-order valence-corrected chi connectivity index (χ0v) is 18.4. The molecule has 4 heterocycles. The predicted molar refractivity (Wildman–Crippen MR) is 123 cm³/mol. The fourth-order valence-corrected chi connectivity index (χ4v) is 4.84. The van der Waals surface area contributed by atoms with Crippen LogP contribution in [0.15, 0.2) is 36.5 Å². The Morgan fingerprint density at radius 2 is 1.91 bits per heavy atom. The second-order valence-electron chi connectivity index (χ2n) is 8.93. The van der Waals surface area contributed by atoms with Crippen LogP contribution < -0.4 is 21.3 Å². The molecule has 0 spiro atoms. The lowest BCUT2D eigenvalue weighted by atomic mass is 10.0. The molecule has 3 aliphatic rings. The van der Waals surface area contributed by atoms with Gasteiger partial charge in [0, 0.05) is 44.2 Å². The lowest BCUT2D eigenvalue weighted by molar-refractivity contribution is -0.136. The molecular formula is C24H28N6O3. The lowest BCUT2D eigenvalue weighted by Gasteiger charge is -2.31. The molecule has 4 N–H and O–H groups in total. The van der Waals surface area contributed by atoms with E-state index in [2.05, 4.69) is 20.5 Å². The van der Waals surface area contributed by atoms with E-state index in [1.54, 1.807) is 4.90 Å². The van der Waals surface area contributed by atoms with E-state index in [4.69, 9.17) is 5.73 Å². The van der Waals surface area contributed by atoms with Crippen molar-refractivity contribution in [2.45, 2.75) is 50.9 Å². The van der Waals surface area contributed by atoms with Gasteiger partial charge in [-0.1, -0.05) is 18.2 Å². The van der Waals surface area contributed by atoms with Crippen molar-refractivity contribution in [1.82, 2.24) is 15.2 Å². The van der Waals surface area contributed by atoms with Crippen LogP contribution in [0.4, 0.5) is 11.5 Å². The zero-order valence-electron chi connectivity index (χ0n) is 18.4. The van der Waals surface area contributed by atoms with Gasteiger partial charge in [-0.25, -0.2) is 4.98 Å². The first kappa shape index (κ1) is 21.4. The molecule has 1 unspecified atom stereocenters. The highest BCUT2D eigenvalue weighted by Gasteiger charge is 2.39. The maximum Gasteiger partial charge on any atom is 0.255 e. The Bertz CT molecular complexity index is 1080. The number of imide groups is 1. The molecule has 0 bridgehead atoms. The summed E-state index contributed by atoms with van der Waals surface area (Å²) in [6.07, 6.45) is 4.37. The first-order chi connectivity index (χ1) is 16.0. The van der Waals surface area contributed by atoms with Crippen molar-refractivity contribution in [3.63, 3.8) is 0 Å². The molecule has 1 aromatic heterocycles. The van der Waals surface area contributed by atoms with Gasteiger partial charge in [0.05, 0.1) is 11.9 Å². The average Bonchev–Trinajstić information content (AvgIpc) is 3.15. The fourth-order valence-electron chi connectivity index (χ4n) is 4.84. The van der Waals surface area contributed by atoms with Crippen molar-refractivity contribution < 1.29 is 14.4 Å². The summed E-state index contributed by atoms with van der Waals surface area (Å²) in [6, 6.07) is 9.45. The summed E-state index contributed by atoms with van der Waals surface area (Å²) in [5, 5.41) is 5.71. The molecule has 9 heteroatoms. The standard InChI is InChI=1S/C24H28N6O3/c25-17-8-10-29(11-9-17)20-6-4-18(13-27-20)26-12-15-2-1-3-16-14-30(24(33)22(15)16)19-5-7-21(31)28-23(19)32/h1-4,6,13,17,19,26H,5,7-12,14,25H2,(H,28,31,32). The van der Waals surface area contributed by atoms with Gasteiger partial charge in [-0.05, 0) is 42.5 Å². The van der Waals surface area contributed by atoms with E-state index in [1.165, 1.54) is 0 Å². The van der Waals surface area contributed by atoms with E-state index in [-0.39, 0.29) is 24.3 Å². The molecular weight excluding hydrogens is 420 g/mol. The molecule has 1 aromatic carbocycles. The maximum absolute atomic E-state index is 13.2. The smallest absolute Gasteiger partial charge is 0.255 e. The Balaban J connectivity index is 1.25. The normalized spacial score (nSPS) is 21.2. The van der Waals surface area contributed by atoms with Crippen LogP contribution >= 0.6 is 0 Å². The minimum atomic E-state index is -0.607. The maximum atomic E-state index is 13.2. The molecule has 33 heavy (non-hydrogen) atoms. The highest BCUT2D eigenvalue weighted by Crippen LogP contribution is 2.30. The van der Waals surface area contributed by atoms with Crippen LogP contribution in [-0.2, 0) is 22.7 Å². The van der Waals surface area contributed by atoms with E-state index < -0.39 is 11.9 Å². The average molecular weight is 449 g/mol. The number of rotatable bonds is 5. The summed E-state index contributed by atoms with van der Waals surface area (Å²) in [6.45, 7) is 2.69. The van der Waals surface area contributed by atoms with Crippen molar-refractivity contribution in [1.29, 1.82) is 0 Å². The summed E-state index contributed by atoms with van der Waals surface area (Å²) >= 11 is 0. The summed E-state index contributed by atoms with van der Waals surface area (Å²) in [5.74, 6) is 0.111. The van der Waals surface area contributed by atoms with E-state index in [0.29, 0.717) is 25.1 Å². The number of nitrogens with one attached hydrogen (secondary N) is 2. The van der Waals surface area contributed by atoms with Gasteiger partial charge >= 0.3 is 0 Å².